The molecule has 1 aromatic carbocycles. The first-order chi connectivity index (χ1) is 12.8. The molecule has 150 valence electrons. The van der Waals surface area contributed by atoms with Crippen molar-refractivity contribution >= 4 is 17.5 Å². The average molecular weight is 376 g/mol. The molecule has 1 aliphatic carbocycles. The van der Waals surface area contributed by atoms with Crippen LogP contribution in [0.4, 0.5) is 5.69 Å². The molecule has 2 amide bonds. The molecule has 6 heteroatoms. The lowest BCUT2D eigenvalue weighted by Gasteiger charge is -2.36. The molecule has 0 radical (unpaired) electrons. The Labute approximate surface area is 162 Å². The third kappa shape index (κ3) is 5.96. The highest BCUT2D eigenvalue weighted by atomic mass is 16.5. The summed E-state index contributed by atoms with van der Waals surface area (Å²) in [5, 5.41) is 6.03. The second-order valence-electron chi connectivity index (χ2n) is 7.75. The molecule has 1 aromatic rings. The van der Waals surface area contributed by atoms with Gasteiger partial charge in [-0.2, -0.15) is 0 Å². The van der Waals surface area contributed by atoms with Gasteiger partial charge in [-0.15, -0.1) is 0 Å². The van der Waals surface area contributed by atoms with Gasteiger partial charge in [-0.05, 0) is 56.5 Å². The van der Waals surface area contributed by atoms with Crippen molar-refractivity contribution < 1.29 is 14.3 Å². The van der Waals surface area contributed by atoms with E-state index < -0.39 is 0 Å². The van der Waals surface area contributed by atoms with E-state index in [9.17, 15) is 9.59 Å². The van der Waals surface area contributed by atoms with Crippen LogP contribution in [0.15, 0.2) is 24.3 Å². The Morgan fingerprint density at radius 2 is 1.89 bits per heavy atom. The van der Waals surface area contributed by atoms with E-state index in [1.54, 1.807) is 43.3 Å². The molecule has 0 unspecified atom stereocenters. The van der Waals surface area contributed by atoms with E-state index in [0.29, 0.717) is 17.5 Å². The number of hydrogen-bond donors (Lipinski definition) is 2. The zero-order valence-corrected chi connectivity index (χ0v) is 17.1. The fourth-order valence-electron chi connectivity index (χ4n) is 3.53. The van der Waals surface area contributed by atoms with Crippen LogP contribution in [-0.4, -0.2) is 49.5 Å². The maximum atomic E-state index is 12.6. The Morgan fingerprint density at radius 1 is 1.22 bits per heavy atom. The number of nitrogens with zero attached hydrogens (tertiary/aromatic N) is 1. The van der Waals surface area contributed by atoms with Crippen molar-refractivity contribution in [3.63, 3.8) is 0 Å². The normalized spacial score (nSPS) is 23.6. The Balaban J connectivity index is 1.83. The highest BCUT2D eigenvalue weighted by molar-refractivity contribution is 5.92. The smallest absolute Gasteiger partial charge is 0.238 e. The molecule has 2 rings (SSSR count). The summed E-state index contributed by atoms with van der Waals surface area (Å²) in [7, 11) is 3.40. The quantitative estimate of drug-likeness (QED) is 0.769. The molecule has 0 aliphatic heterocycles. The number of rotatable bonds is 7. The monoisotopic (exact) mass is 375 g/mol. The summed E-state index contributed by atoms with van der Waals surface area (Å²) < 4.78 is 5.11. The summed E-state index contributed by atoms with van der Waals surface area (Å²) in [6.45, 7) is 6.46. The lowest BCUT2D eigenvalue weighted by atomic mass is 9.78. The van der Waals surface area contributed by atoms with E-state index in [0.717, 1.165) is 18.6 Å². The molecule has 1 fully saturated rings. The summed E-state index contributed by atoms with van der Waals surface area (Å²) >= 11 is 0. The topological polar surface area (TPSA) is 70.7 Å². The first kappa shape index (κ1) is 21.2. The maximum Gasteiger partial charge on any atom is 0.238 e. The lowest BCUT2D eigenvalue weighted by molar-refractivity contribution is -0.127. The van der Waals surface area contributed by atoms with Crippen molar-refractivity contribution in [2.45, 2.75) is 52.1 Å². The zero-order chi connectivity index (χ0) is 20.0. The van der Waals surface area contributed by atoms with Crippen LogP contribution < -0.4 is 15.4 Å². The van der Waals surface area contributed by atoms with Crippen LogP contribution in [0.3, 0.4) is 0 Å². The molecule has 6 nitrogen and oxygen atoms in total. The van der Waals surface area contributed by atoms with Crippen molar-refractivity contribution in [3.8, 4) is 5.75 Å². The van der Waals surface area contributed by atoms with Crippen molar-refractivity contribution in [2.75, 3.05) is 26.0 Å². The number of carbonyl (C=O) groups is 2. The second kappa shape index (κ2) is 9.74. The van der Waals surface area contributed by atoms with E-state index in [4.69, 9.17) is 4.74 Å². The van der Waals surface area contributed by atoms with Crippen LogP contribution in [0, 0.1) is 11.8 Å². The van der Waals surface area contributed by atoms with E-state index >= 15 is 0 Å². The van der Waals surface area contributed by atoms with Gasteiger partial charge in [0.2, 0.25) is 11.8 Å². The molecule has 0 heterocycles. The number of benzene rings is 1. The Hall–Kier alpha value is -2.08. The Kier molecular flexibility index (Phi) is 7.66. The summed E-state index contributed by atoms with van der Waals surface area (Å²) in [5.41, 5.74) is 0.705. The van der Waals surface area contributed by atoms with Gasteiger partial charge in [-0.25, -0.2) is 0 Å². The SMILES string of the molecule is COc1ccc(NC(=O)CN(C)[C@H](C)C(=O)N[C@@H]2CCC[C@H](C)[C@H]2C)cc1. The molecule has 4 atom stereocenters. The highest BCUT2D eigenvalue weighted by Gasteiger charge is 2.30. The van der Waals surface area contributed by atoms with E-state index in [1.807, 2.05) is 6.92 Å². The third-order valence-corrected chi connectivity index (χ3v) is 5.84. The molecule has 0 bridgehead atoms. The van der Waals surface area contributed by atoms with E-state index in [-0.39, 0.29) is 30.4 Å². The van der Waals surface area contributed by atoms with Gasteiger partial charge in [0.25, 0.3) is 0 Å². The van der Waals surface area contributed by atoms with Gasteiger partial charge in [-0.1, -0.05) is 26.7 Å². The molecule has 1 saturated carbocycles. The van der Waals surface area contributed by atoms with Gasteiger partial charge < -0.3 is 15.4 Å². The van der Waals surface area contributed by atoms with Gasteiger partial charge in [0.15, 0.2) is 0 Å². The van der Waals surface area contributed by atoms with Crippen LogP contribution in [0.5, 0.6) is 5.75 Å². The maximum absolute atomic E-state index is 12.6. The number of likely N-dealkylation sites (N-methyl/N-ethyl adjacent to an activating group) is 1. The van der Waals surface area contributed by atoms with Gasteiger partial charge in [-0.3, -0.25) is 14.5 Å². The third-order valence-electron chi connectivity index (χ3n) is 5.84. The Morgan fingerprint density at radius 3 is 2.52 bits per heavy atom. The Bertz CT molecular complexity index is 632. The zero-order valence-electron chi connectivity index (χ0n) is 17.1. The number of amides is 2. The van der Waals surface area contributed by atoms with Gasteiger partial charge in [0.1, 0.15) is 5.75 Å². The lowest BCUT2D eigenvalue weighted by Crippen LogP contribution is -2.51. The molecular weight excluding hydrogens is 342 g/mol. The molecule has 0 aromatic heterocycles. The first-order valence-corrected chi connectivity index (χ1v) is 9.76. The number of carbonyl (C=O) groups excluding carboxylic acids is 2. The number of anilines is 1. The van der Waals surface area contributed by atoms with Gasteiger partial charge in [0.05, 0.1) is 19.7 Å². The standard InChI is InChI=1S/C21H33N3O3/c1-14-7-6-8-19(15(14)2)23-21(26)16(3)24(4)13-20(25)22-17-9-11-18(27-5)12-10-17/h9-12,14-16,19H,6-8,13H2,1-5H3,(H,22,25)(H,23,26)/t14-,15+,16+,19+/m0/s1. The highest BCUT2D eigenvalue weighted by Crippen LogP contribution is 2.29. The number of hydrogen-bond acceptors (Lipinski definition) is 4. The van der Waals surface area contributed by atoms with Crippen molar-refractivity contribution in [2.24, 2.45) is 11.8 Å². The number of ether oxygens (including phenoxy) is 1. The molecule has 1 aliphatic rings. The largest absolute Gasteiger partial charge is 0.497 e. The predicted octanol–water partition coefficient (Wildman–Crippen LogP) is 2.89. The van der Waals surface area contributed by atoms with Crippen LogP contribution in [0.1, 0.15) is 40.0 Å². The average Bonchev–Trinajstić information content (AvgIpc) is 2.65. The van der Waals surface area contributed by atoms with Crippen molar-refractivity contribution in [3.05, 3.63) is 24.3 Å². The molecule has 27 heavy (non-hydrogen) atoms. The second-order valence-corrected chi connectivity index (χ2v) is 7.75. The fourth-order valence-corrected chi connectivity index (χ4v) is 3.53. The number of methoxy groups -OCH3 is 1. The molecular formula is C21H33N3O3. The van der Waals surface area contributed by atoms with Gasteiger partial charge >= 0.3 is 0 Å². The summed E-state index contributed by atoms with van der Waals surface area (Å²) in [6, 6.07) is 7.03. The van der Waals surface area contributed by atoms with E-state index in [2.05, 4.69) is 24.5 Å². The molecule has 2 N–H and O–H groups in total. The first-order valence-electron chi connectivity index (χ1n) is 9.76. The predicted molar refractivity (Wildman–Crippen MR) is 108 cm³/mol. The summed E-state index contributed by atoms with van der Waals surface area (Å²) in [6.07, 6.45) is 3.42. The van der Waals surface area contributed by atoms with Crippen LogP contribution in [0.2, 0.25) is 0 Å². The van der Waals surface area contributed by atoms with Crippen LogP contribution >= 0.6 is 0 Å². The summed E-state index contributed by atoms with van der Waals surface area (Å²) in [5.74, 6) is 1.69. The molecule has 0 spiro atoms. The van der Waals surface area contributed by atoms with Gasteiger partial charge in [0, 0.05) is 11.7 Å². The van der Waals surface area contributed by atoms with Crippen molar-refractivity contribution in [1.82, 2.24) is 10.2 Å². The van der Waals surface area contributed by atoms with Crippen LogP contribution in [-0.2, 0) is 9.59 Å². The van der Waals surface area contributed by atoms with Crippen LogP contribution in [0.25, 0.3) is 0 Å². The minimum atomic E-state index is -0.365. The minimum absolute atomic E-state index is 0.0132. The fraction of sp³-hybridized carbons (Fsp3) is 0.619. The number of nitrogens with one attached hydrogen (secondary N) is 2. The minimum Gasteiger partial charge on any atom is -0.497 e. The summed E-state index contributed by atoms with van der Waals surface area (Å²) in [4.78, 5) is 26.7. The van der Waals surface area contributed by atoms with E-state index in [1.165, 1.54) is 6.42 Å². The molecule has 0 saturated heterocycles. The van der Waals surface area contributed by atoms with Crippen molar-refractivity contribution in [1.29, 1.82) is 0 Å².